The summed E-state index contributed by atoms with van der Waals surface area (Å²) in [6.45, 7) is 8.09. The fraction of sp³-hybridized carbons (Fsp3) is 0.652. The third kappa shape index (κ3) is 8.55. The van der Waals surface area contributed by atoms with Gasteiger partial charge in [0, 0.05) is 25.7 Å². The van der Waals surface area contributed by atoms with Crippen molar-refractivity contribution in [3.8, 4) is 0 Å². The van der Waals surface area contributed by atoms with E-state index < -0.39 is 0 Å². The van der Waals surface area contributed by atoms with Crippen molar-refractivity contribution in [3.05, 3.63) is 44.4 Å². The summed E-state index contributed by atoms with van der Waals surface area (Å²) < 4.78 is 9.62. The molecule has 0 aliphatic rings. The fourth-order valence-corrected chi connectivity index (χ4v) is 3.69. The van der Waals surface area contributed by atoms with E-state index in [1.54, 1.807) is 0 Å². The number of carbonyl (C=O) groups is 2. The van der Waals surface area contributed by atoms with Crippen molar-refractivity contribution in [3.63, 3.8) is 0 Å². The molecule has 2 rings (SSSR count). The number of nitrogens with one attached hydrogen (secondary N) is 2. The van der Waals surface area contributed by atoms with Gasteiger partial charge >= 0.3 is 0 Å². The van der Waals surface area contributed by atoms with Crippen LogP contribution in [0.1, 0.15) is 83.8 Å². The molecule has 8 nitrogen and oxygen atoms in total. The lowest BCUT2D eigenvalue weighted by Gasteiger charge is -2.23. The standard InChI is InChI=1S/C23H34N2O6/c1-22(2,12-16-14-30-24-20(16)28)10-8-18(26)6-5-7-19(27)9-11-23(3,4)13-17-15-31-25-21(17)29/h14-15H,5-13H2,1-4H3,(H,24,28)(H,25,29). The first-order chi connectivity index (χ1) is 14.5. The zero-order valence-corrected chi connectivity index (χ0v) is 19.0. The van der Waals surface area contributed by atoms with Crippen LogP contribution in [-0.4, -0.2) is 21.9 Å². The number of aromatic nitrogens is 2. The SMILES string of the molecule is CC(C)(CCC(=O)CCCC(=O)CCC(C)(C)Cc1co[nH]c1=O)Cc1co[nH]c1=O. The van der Waals surface area contributed by atoms with Gasteiger partial charge in [-0.1, -0.05) is 27.7 Å². The van der Waals surface area contributed by atoms with Gasteiger partial charge in [0.05, 0.1) is 11.1 Å². The Kier molecular flexibility index (Phi) is 8.42. The van der Waals surface area contributed by atoms with Crippen molar-refractivity contribution >= 4 is 11.6 Å². The highest BCUT2D eigenvalue weighted by molar-refractivity contribution is 5.81. The lowest BCUT2D eigenvalue weighted by atomic mass is 9.81. The molecule has 0 saturated heterocycles. The van der Waals surface area contributed by atoms with Crippen molar-refractivity contribution in [2.45, 2.75) is 85.5 Å². The zero-order valence-electron chi connectivity index (χ0n) is 19.0. The largest absolute Gasteiger partial charge is 0.387 e. The number of Topliss-reactive ketones (excluding diaryl/α,β-unsaturated/α-hetero) is 2. The first-order valence-electron chi connectivity index (χ1n) is 10.8. The lowest BCUT2D eigenvalue weighted by molar-refractivity contribution is -0.121. The van der Waals surface area contributed by atoms with E-state index in [-0.39, 0.29) is 33.5 Å². The van der Waals surface area contributed by atoms with Gasteiger partial charge in [0.2, 0.25) is 0 Å². The predicted molar refractivity (Wildman–Crippen MR) is 116 cm³/mol. The van der Waals surface area contributed by atoms with Gasteiger partial charge in [-0.15, -0.1) is 0 Å². The molecule has 0 atom stereocenters. The Hall–Kier alpha value is -2.64. The van der Waals surface area contributed by atoms with Crippen molar-refractivity contribution in [1.29, 1.82) is 0 Å². The van der Waals surface area contributed by atoms with Gasteiger partial charge in [0.25, 0.3) is 11.1 Å². The van der Waals surface area contributed by atoms with Crippen LogP contribution in [0.4, 0.5) is 0 Å². The van der Waals surface area contributed by atoms with Gasteiger partial charge in [-0.3, -0.25) is 19.2 Å². The highest BCUT2D eigenvalue weighted by Gasteiger charge is 2.23. The molecule has 0 aliphatic carbocycles. The molecule has 0 fully saturated rings. The molecule has 0 radical (unpaired) electrons. The number of carbonyl (C=O) groups excluding carboxylic acids is 2. The molecule has 172 valence electrons. The Morgan fingerprint density at radius 3 is 1.45 bits per heavy atom. The zero-order chi connectivity index (χ0) is 23.1. The van der Waals surface area contributed by atoms with Crippen LogP contribution in [-0.2, 0) is 22.4 Å². The normalized spacial score (nSPS) is 12.3. The predicted octanol–water partition coefficient (Wildman–Crippen LogP) is 3.96. The van der Waals surface area contributed by atoms with Crippen LogP contribution in [0.5, 0.6) is 0 Å². The molecule has 0 amide bonds. The second kappa shape index (κ2) is 10.6. The smallest absolute Gasteiger partial charge is 0.283 e. The Labute approximate surface area is 181 Å². The second-order valence-corrected chi connectivity index (χ2v) is 10.00. The van der Waals surface area contributed by atoms with Gasteiger partial charge < -0.3 is 9.05 Å². The topological polar surface area (TPSA) is 126 Å². The number of hydrogen-bond acceptors (Lipinski definition) is 6. The molecule has 2 aromatic rings. The first-order valence-corrected chi connectivity index (χ1v) is 10.8. The van der Waals surface area contributed by atoms with E-state index in [1.807, 2.05) is 27.7 Å². The van der Waals surface area contributed by atoms with Crippen LogP contribution in [0.3, 0.4) is 0 Å². The molecule has 8 heteroatoms. The monoisotopic (exact) mass is 434 g/mol. The fourth-order valence-electron chi connectivity index (χ4n) is 3.69. The van der Waals surface area contributed by atoms with Gasteiger partial charge in [-0.05, 0) is 42.9 Å². The molecule has 0 aliphatic heterocycles. The van der Waals surface area contributed by atoms with Gasteiger partial charge in [0.1, 0.15) is 24.1 Å². The summed E-state index contributed by atoms with van der Waals surface area (Å²) >= 11 is 0. The Balaban J connectivity index is 1.64. The highest BCUT2D eigenvalue weighted by atomic mass is 16.5. The third-order valence-corrected chi connectivity index (χ3v) is 5.70. The van der Waals surface area contributed by atoms with E-state index in [2.05, 4.69) is 10.3 Å². The quantitative estimate of drug-likeness (QED) is 0.463. The molecular weight excluding hydrogens is 400 g/mol. The van der Waals surface area contributed by atoms with Crippen molar-refractivity contribution in [2.75, 3.05) is 0 Å². The number of rotatable bonds is 14. The van der Waals surface area contributed by atoms with Crippen LogP contribution in [0.25, 0.3) is 0 Å². The number of H-pyrrole nitrogens is 2. The minimum Gasteiger partial charge on any atom is -0.387 e. The molecule has 0 spiro atoms. The Morgan fingerprint density at radius 1 is 0.742 bits per heavy atom. The van der Waals surface area contributed by atoms with E-state index in [9.17, 15) is 19.2 Å². The molecule has 0 bridgehead atoms. The van der Waals surface area contributed by atoms with Crippen LogP contribution < -0.4 is 11.1 Å². The van der Waals surface area contributed by atoms with Crippen LogP contribution in [0.15, 0.2) is 31.2 Å². The second-order valence-electron chi connectivity index (χ2n) is 10.00. The average molecular weight is 435 g/mol. The maximum atomic E-state index is 12.2. The number of aromatic amines is 2. The van der Waals surface area contributed by atoms with E-state index >= 15 is 0 Å². The number of hydrogen-bond donors (Lipinski definition) is 2. The van der Waals surface area contributed by atoms with Gasteiger partial charge in [-0.2, -0.15) is 10.3 Å². The van der Waals surface area contributed by atoms with Gasteiger partial charge in [0.15, 0.2) is 0 Å². The first kappa shape index (κ1) is 24.6. The van der Waals surface area contributed by atoms with E-state index in [0.29, 0.717) is 68.9 Å². The average Bonchev–Trinajstić information content (AvgIpc) is 3.26. The van der Waals surface area contributed by atoms with E-state index in [4.69, 9.17) is 9.05 Å². The number of ketones is 2. The summed E-state index contributed by atoms with van der Waals surface area (Å²) in [5.74, 6) is 0.281. The van der Waals surface area contributed by atoms with Crippen LogP contribution in [0, 0.1) is 10.8 Å². The summed E-state index contributed by atoms with van der Waals surface area (Å²) in [5.41, 5.74) is 0.344. The minimum atomic E-state index is -0.224. The van der Waals surface area contributed by atoms with Gasteiger partial charge in [-0.25, -0.2) is 0 Å². The van der Waals surface area contributed by atoms with Crippen LogP contribution >= 0.6 is 0 Å². The maximum absolute atomic E-state index is 12.2. The summed E-state index contributed by atoms with van der Waals surface area (Å²) in [6.07, 6.45) is 7.49. The summed E-state index contributed by atoms with van der Waals surface area (Å²) in [7, 11) is 0. The van der Waals surface area contributed by atoms with Crippen molar-refractivity contribution in [2.24, 2.45) is 10.8 Å². The Bertz CT molecular complexity index is 894. The summed E-state index contributed by atoms with van der Waals surface area (Å²) in [5, 5.41) is 4.56. The highest BCUT2D eigenvalue weighted by Crippen LogP contribution is 2.28. The van der Waals surface area contributed by atoms with Crippen LogP contribution in [0.2, 0.25) is 0 Å². The lowest BCUT2D eigenvalue weighted by Crippen LogP contribution is -2.21. The minimum absolute atomic E-state index is 0.140. The van der Waals surface area contributed by atoms with Crippen molar-refractivity contribution in [1.82, 2.24) is 10.3 Å². The molecule has 0 aromatic carbocycles. The third-order valence-electron chi connectivity index (χ3n) is 5.70. The maximum Gasteiger partial charge on any atom is 0.283 e. The summed E-state index contributed by atoms with van der Waals surface area (Å²) in [4.78, 5) is 47.6. The molecular formula is C23H34N2O6. The molecule has 2 aromatic heterocycles. The molecule has 2 N–H and O–H groups in total. The summed E-state index contributed by atoms with van der Waals surface area (Å²) in [6, 6.07) is 0. The Morgan fingerprint density at radius 2 is 1.13 bits per heavy atom. The molecule has 2 heterocycles. The molecule has 31 heavy (non-hydrogen) atoms. The van der Waals surface area contributed by atoms with E-state index in [1.165, 1.54) is 12.5 Å². The van der Waals surface area contributed by atoms with Crippen molar-refractivity contribution < 1.29 is 18.6 Å². The molecule has 0 unspecified atom stereocenters. The van der Waals surface area contributed by atoms with E-state index in [0.717, 1.165) is 0 Å². The molecule has 0 saturated carbocycles.